The van der Waals surface area contributed by atoms with Crippen molar-refractivity contribution in [2.24, 2.45) is 5.10 Å². The van der Waals surface area contributed by atoms with Crippen molar-refractivity contribution in [3.8, 4) is 17.1 Å². The fraction of sp³-hybridized carbons (Fsp3) is 0.0690. The molecule has 42 heavy (non-hydrogen) atoms. The quantitative estimate of drug-likeness (QED) is 0.101. The second-order valence-corrected chi connectivity index (χ2v) is 10.2. The first-order chi connectivity index (χ1) is 20.0. The highest BCUT2D eigenvalue weighted by Gasteiger charge is 2.31. The van der Waals surface area contributed by atoms with Crippen LogP contribution in [0.1, 0.15) is 16.7 Å². The molecule has 8 nitrogen and oxygen atoms in total. The van der Waals surface area contributed by atoms with E-state index in [-0.39, 0.29) is 45.9 Å². The summed E-state index contributed by atoms with van der Waals surface area (Å²) in [4.78, 5) is 29.2. The van der Waals surface area contributed by atoms with Gasteiger partial charge in [0.2, 0.25) is 5.75 Å². The Morgan fingerprint density at radius 1 is 1.05 bits per heavy atom. The molecule has 0 fully saturated rings. The number of fused-ring (bicyclic) bond motifs is 1. The third-order valence-electron chi connectivity index (χ3n) is 6.10. The van der Waals surface area contributed by atoms with Crippen LogP contribution in [0.2, 0.25) is 5.02 Å². The van der Waals surface area contributed by atoms with Crippen LogP contribution in [0.25, 0.3) is 22.3 Å². The number of hydrogen-bond acceptors (Lipinski definition) is 6. The van der Waals surface area contributed by atoms with Gasteiger partial charge in [0.25, 0.3) is 5.56 Å². The van der Waals surface area contributed by atoms with Crippen molar-refractivity contribution in [3.05, 3.63) is 132 Å². The predicted molar refractivity (Wildman–Crippen MR) is 156 cm³/mol. The van der Waals surface area contributed by atoms with Gasteiger partial charge in [-0.3, -0.25) is 14.9 Å². The summed E-state index contributed by atoms with van der Waals surface area (Å²) in [6.45, 7) is -0.115. The minimum Gasteiger partial charge on any atom is -0.481 e. The fourth-order valence-corrected chi connectivity index (χ4v) is 4.78. The Hall–Kier alpha value is -4.55. The molecule has 0 bridgehead atoms. The first-order valence-electron chi connectivity index (χ1n) is 12.1. The molecule has 0 saturated carbocycles. The summed E-state index contributed by atoms with van der Waals surface area (Å²) in [5.41, 5.74) is -1.06. The van der Waals surface area contributed by atoms with Gasteiger partial charge in [-0.2, -0.15) is 22.9 Å². The summed E-state index contributed by atoms with van der Waals surface area (Å²) in [5, 5.41) is 16.7. The molecule has 212 valence electrons. The maximum absolute atomic E-state index is 13.5. The summed E-state index contributed by atoms with van der Waals surface area (Å²) in [6, 6.07) is 20.2. The second kappa shape index (κ2) is 11.7. The number of hydrogen-bond donors (Lipinski definition) is 0. The molecule has 0 N–H and O–H groups in total. The lowest BCUT2D eigenvalue weighted by atomic mass is 10.1. The Bertz CT molecular complexity index is 1930. The van der Waals surface area contributed by atoms with E-state index in [0.29, 0.717) is 15.1 Å². The number of para-hydroxylation sites is 1. The number of benzene rings is 4. The van der Waals surface area contributed by atoms with Crippen LogP contribution in [0.5, 0.6) is 5.75 Å². The molecule has 0 atom stereocenters. The van der Waals surface area contributed by atoms with Crippen molar-refractivity contribution in [3.63, 3.8) is 0 Å². The zero-order valence-corrected chi connectivity index (χ0v) is 23.5. The fourth-order valence-electron chi connectivity index (χ4n) is 4.13. The average molecular weight is 658 g/mol. The van der Waals surface area contributed by atoms with Gasteiger partial charge in [-0.05, 0) is 36.4 Å². The lowest BCUT2D eigenvalue weighted by Gasteiger charge is -2.13. The monoisotopic (exact) mass is 656 g/mol. The number of nitro groups is 1. The minimum absolute atomic E-state index is 0.0137. The van der Waals surface area contributed by atoms with Crippen LogP contribution in [-0.2, 0) is 12.8 Å². The molecule has 0 saturated heterocycles. The lowest BCUT2D eigenvalue weighted by Crippen LogP contribution is -2.20. The molecule has 5 aromatic rings. The van der Waals surface area contributed by atoms with E-state index in [2.05, 4.69) is 26.0 Å². The van der Waals surface area contributed by atoms with Gasteiger partial charge in [-0.25, -0.2) is 4.98 Å². The van der Waals surface area contributed by atoms with Gasteiger partial charge in [-0.1, -0.05) is 70.0 Å². The molecule has 0 aliphatic rings. The molecule has 0 radical (unpaired) electrons. The van der Waals surface area contributed by atoms with E-state index >= 15 is 0 Å². The normalized spacial score (nSPS) is 11.7. The van der Waals surface area contributed by atoms with E-state index in [4.69, 9.17) is 16.3 Å². The molecule has 0 aliphatic carbocycles. The first kappa shape index (κ1) is 29.0. The number of ether oxygens (including phenoxy) is 1. The standard InChI is InChI=1S/C29H17BrClF3N4O4/c30-21-13-19(26(25(14-21)38(40)41)42-16-18-6-1-3-10-23(18)31)15-35-37-27(17-7-5-8-20(12-17)29(32,33)34)36-24-11-4-2-9-22(24)28(37)39/h1-15H,16H2. The smallest absolute Gasteiger partial charge is 0.416 e. The van der Waals surface area contributed by atoms with Gasteiger partial charge in [0, 0.05) is 32.3 Å². The van der Waals surface area contributed by atoms with Crippen molar-refractivity contribution in [1.29, 1.82) is 0 Å². The first-order valence-corrected chi connectivity index (χ1v) is 13.3. The van der Waals surface area contributed by atoms with E-state index in [1.54, 1.807) is 42.5 Å². The van der Waals surface area contributed by atoms with E-state index in [1.807, 2.05) is 0 Å². The average Bonchev–Trinajstić information content (AvgIpc) is 2.96. The Balaban J connectivity index is 1.67. The number of rotatable bonds is 7. The Morgan fingerprint density at radius 3 is 2.52 bits per heavy atom. The van der Waals surface area contributed by atoms with Gasteiger partial charge in [0.05, 0.1) is 27.6 Å². The topological polar surface area (TPSA) is 99.6 Å². The molecule has 0 unspecified atom stereocenters. The van der Waals surface area contributed by atoms with E-state index in [9.17, 15) is 28.1 Å². The van der Waals surface area contributed by atoms with Crippen LogP contribution in [0, 0.1) is 10.1 Å². The number of alkyl halides is 3. The van der Waals surface area contributed by atoms with Crippen molar-refractivity contribution in [2.75, 3.05) is 0 Å². The molecule has 0 spiro atoms. The summed E-state index contributed by atoms with van der Waals surface area (Å²) < 4.78 is 47.5. The van der Waals surface area contributed by atoms with Crippen molar-refractivity contribution in [1.82, 2.24) is 9.66 Å². The number of nitrogens with zero attached hydrogens (tertiary/aromatic N) is 4. The molecular formula is C29H17BrClF3N4O4. The van der Waals surface area contributed by atoms with E-state index in [1.165, 1.54) is 30.3 Å². The van der Waals surface area contributed by atoms with Gasteiger partial charge in [0.15, 0.2) is 5.82 Å². The van der Waals surface area contributed by atoms with E-state index in [0.717, 1.165) is 23.0 Å². The maximum Gasteiger partial charge on any atom is 0.416 e. The molecular weight excluding hydrogens is 641 g/mol. The maximum atomic E-state index is 13.5. The van der Waals surface area contributed by atoms with Gasteiger partial charge in [-0.15, -0.1) is 0 Å². The highest BCUT2D eigenvalue weighted by Crippen LogP contribution is 2.35. The minimum atomic E-state index is -4.63. The van der Waals surface area contributed by atoms with Crippen molar-refractivity contribution >= 4 is 50.3 Å². The largest absolute Gasteiger partial charge is 0.481 e. The lowest BCUT2D eigenvalue weighted by molar-refractivity contribution is -0.386. The number of nitro benzene ring substituents is 1. The van der Waals surface area contributed by atoms with Gasteiger partial charge < -0.3 is 4.74 Å². The highest BCUT2D eigenvalue weighted by molar-refractivity contribution is 9.10. The third-order valence-corrected chi connectivity index (χ3v) is 6.93. The SMILES string of the molecule is O=c1c2ccccc2nc(-c2cccc(C(F)(F)F)c2)n1N=Cc1cc(Br)cc([N+](=O)[O-])c1OCc1ccccc1Cl. The molecule has 4 aromatic carbocycles. The summed E-state index contributed by atoms with van der Waals surface area (Å²) in [6.07, 6.45) is -3.49. The van der Waals surface area contributed by atoms with Crippen LogP contribution >= 0.6 is 27.5 Å². The van der Waals surface area contributed by atoms with E-state index < -0.39 is 22.2 Å². The Morgan fingerprint density at radius 2 is 1.79 bits per heavy atom. The number of aromatic nitrogens is 2. The van der Waals surface area contributed by atoms with Crippen LogP contribution in [0.4, 0.5) is 18.9 Å². The number of halogens is 5. The molecule has 0 aliphatic heterocycles. The van der Waals surface area contributed by atoms with Gasteiger partial charge in [0.1, 0.15) is 6.61 Å². The molecule has 0 amide bonds. The van der Waals surface area contributed by atoms with Crippen molar-refractivity contribution in [2.45, 2.75) is 12.8 Å². The molecule has 5 rings (SSSR count). The Kier molecular flexibility index (Phi) is 8.10. The van der Waals surface area contributed by atoms with Crippen LogP contribution < -0.4 is 10.3 Å². The molecule has 1 aromatic heterocycles. The molecule has 1 heterocycles. The summed E-state index contributed by atoms with van der Waals surface area (Å²) >= 11 is 9.46. The zero-order chi connectivity index (χ0) is 30.0. The molecule has 13 heteroatoms. The van der Waals surface area contributed by atoms with Crippen LogP contribution in [-0.4, -0.2) is 20.8 Å². The Labute approximate surface area is 248 Å². The predicted octanol–water partition coefficient (Wildman–Crippen LogP) is 7.87. The van der Waals surface area contributed by atoms with Crippen LogP contribution in [0.15, 0.2) is 99.3 Å². The summed E-state index contributed by atoms with van der Waals surface area (Å²) in [5.74, 6) is -0.321. The van der Waals surface area contributed by atoms with Crippen molar-refractivity contribution < 1.29 is 22.8 Å². The summed E-state index contributed by atoms with van der Waals surface area (Å²) in [7, 11) is 0. The highest BCUT2D eigenvalue weighted by atomic mass is 79.9. The van der Waals surface area contributed by atoms with Crippen LogP contribution in [0.3, 0.4) is 0 Å². The zero-order valence-electron chi connectivity index (χ0n) is 21.2. The second-order valence-electron chi connectivity index (χ2n) is 8.87. The van der Waals surface area contributed by atoms with Gasteiger partial charge >= 0.3 is 11.9 Å². The third kappa shape index (κ3) is 6.04.